The lowest BCUT2D eigenvalue weighted by molar-refractivity contribution is -0.139. The van der Waals surface area contributed by atoms with Crippen LogP contribution >= 0.6 is 22.9 Å². The van der Waals surface area contributed by atoms with Gasteiger partial charge in [0.25, 0.3) is 0 Å². The monoisotopic (exact) mass is 504 g/mol. The van der Waals surface area contributed by atoms with Gasteiger partial charge in [0, 0.05) is 37.9 Å². The Labute approximate surface area is 204 Å². The predicted octanol–water partition coefficient (Wildman–Crippen LogP) is 4.71. The number of hydrogen-bond acceptors (Lipinski definition) is 7. The van der Waals surface area contributed by atoms with Gasteiger partial charge in [0.1, 0.15) is 22.6 Å². The van der Waals surface area contributed by atoms with E-state index in [1.807, 2.05) is 48.0 Å². The minimum absolute atomic E-state index is 0.311. The van der Waals surface area contributed by atoms with E-state index in [0.29, 0.717) is 27.9 Å². The van der Waals surface area contributed by atoms with Crippen molar-refractivity contribution in [3.05, 3.63) is 57.4 Å². The average Bonchev–Trinajstić information content (AvgIpc) is 3.36. The summed E-state index contributed by atoms with van der Waals surface area (Å²) in [6.45, 7) is 2.75. The summed E-state index contributed by atoms with van der Waals surface area (Å²) in [5.74, 6) is 1.35. The minimum atomic E-state index is -2.88. The lowest BCUT2D eigenvalue weighted by Crippen LogP contribution is -2.43. The van der Waals surface area contributed by atoms with Crippen LogP contribution < -0.4 is 10.2 Å². The standard InChI is InChI=1S/C23H23ClF2N6OS/c1-14-29-18(22(24)34-14)12-32-19-10-15(2-4-17(19)30-21(32)13-33-23(25)26)16-3-5-20(28-11-16)31-8-6-27-7-9-31/h2-5,10-11,23,27H,6-9,12-13H2,1H3. The van der Waals surface area contributed by atoms with Gasteiger partial charge in [-0.25, -0.2) is 15.0 Å². The van der Waals surface area contributed by atoms with E-state index in [1.165, 1.54) is 11.3 Å². The minimum Gasteiger partial charge on any atom is -0.354 e. The van der Waals surface area contributed by atoms with E-state index < -0.39 is 6.61 Å². The summed E-state index contributed by atoms with van der Waals surface area (Å²) in [5, 5.41) is 4.18. The van der Waals surface area contributed by atoms with Crippen LogP contribution in [0.25, 0.3) is 22.2 Å². The molecule has 11 heteroatoms. The maximum Gasteiger partial charge on any atom is 0.345 e. The van der Waals surface area contributed by atoms with Gasteiger partial charge in [-0.2, -0.15) is 8.78 Å². The van der Waals surface area contributed by atoms with Crippen molar-refractivity contribution in [2.24, 2.45) is 0 Å². The predicted molar refractivity (Wildman–Crippen MR) is 130 cm³/mol. The Kier molecular flexibility index (Phi) is 6.73. The largest absolute Gasteiger partial charge is 0.354 e. The number of piperazine rings is 1. The molecule has 1 aliphatic heterocycles. The lowest BCUT2D eigenvalue weighted by atomic mass is 10.1. The molecule has 1 saturated heterocycles. The molecule has 0 saturated carbocycles. The van der Waals surface area contributed by atoms with Crippen LogP contribution in [0.2, 0.25) is 4.34 Å². The van der Waals surface area contributed by atoms with Gasteiger partial charge in [0.05, 0.1) is 28.3 Å². The van der Waals surface area contributed by atoms with E-state index in [4.69, 9.17) is 11.6 Å². The number of ether oxygens (including phenoxy) is 1. The van der Waals surface area contributed by atoms with Gasteiger partial charge in [-0.15, -0.1) is 11.3 Å². The molecule has 34 heavy (non-hydrogen) atoms. The highest BCUT2D eigenvalue weighted by atomic mass is 35.5. The van der Waals surface area contributed by atoms with Crippen LogP contribution in [0, 0.1) is 6.92 Å². The van der Waals surface area contributed by atoms with Crippen molar-refractivity contribution in [2.75, 3.05) is 31.1 Å². The topological polar surface area (TPSA) is 68.1 Å². The Morgan fingerprint density at radius 3 is 2.62 bits per heavy atom. The fourth-order valence-electron chi connectivity index (χ4n) is 4.11. The zero-order valence-electron chi connectivity index (χ0n) is 18.5. The van der Waals surface area contributed by atoms with Crippen molar-refractivity contribution in [1.82, 2.24) is 24.8 Å². The molecular formula is C23H23ClF2N6OS. The molecular weight excluding hydrogens is 482 g/mol. The van der Waals surface area contributed by atoms with Crippen LogP contribution in [0.4, 0.5) is 14.6 Å². The molecule has 5 rings (SSSR count). The van der Waals surface area contributed by atoms with Crippen LogP contribution in [0.15, 0.2) is 36.5 Å². The molecule has 0 spiro atoms. The van der Waals surface area contributed by atoms with Gasteiger partial charge in [0.15, 0.2) is 0 Å². The van der Waals surface area contributed by atoms with Gasteiger partial charge < -0.3 is 19.5 Å². The van der Waals surface area contributed by atoms with Gasteiger partial charge in [0.2, 0.25) is 0 Å². The molecule has 0 unspecified atom stereocenters. The van der Waals surface area contributed by atoms with E-state index in [9.17, 15) is 8.78 Å². The third-order valence-electron chi connectivity index (χ3n) is 5.75. The molecule has 0 bridgehead atoms. The summed E-state index contributed by atoms with van der Waals surface area (Å²) < 4.78 is 32.5. The fraction of sp³-hybridized carbons (Fsp3) is 0.348. The highest BCUT2D eigenvalue weighted by Gasteiger charge is 2.18. The number of aromatic nitrogens is 4. The maximum absolute atomic E-state index is 12.7. The van der Waals surface area contributed by atoms with Gasteiger partial charge in [-0.1, -0.05) is 17.7 Å². The molecule has 0 aliphatic carbocycles. The van der Waals surface area contributed by atoms with Crippen LogP contribution in [0.3, 0.4) is 0 Å². The SMILES string of the molecule is Cc1nc(Cn2c(COC(F)F)nc3ccc(-c4ccc(N5CCNCC5)nc4)cc32)c(Cl)s1. The number of imidazole rings is 1. The number of rotatable bonds is 7. The molecule has 1 aromatic carbocycles. The number of aryl methyl sites for hydroxylation is 1. The van der Waals surface area contributed by atoms with Crippen molar-refractivity contribution < 1.29 is 13.5 Å². The third kappa shape index (κ3) is 4.90. The first-order valence-corrected chi connectivity index (χ1v) is 12.1. The fourth-order valence-corrected chi connectivity index (χ4v) is 5.19. The first kappa shape index (κ1) is 23.1. The molecule has 0 atom stereocenters. The highest BCUT2D eigenvalue weighted by Crippen LogP contribution is 2.29. The number of thiazole rings is 1. The number of hydrogen-bond donors (Lipinski definition) is 1. The maximum atomic E-state index is 12.7. The normalized spacial score (nSPS) is 14.4. The molecule has 4 heterocycles. The third-order valence-corrected chi connectivity index (χ3v) is 7.00. The molecule has 1 N–H and O–H groups in total. The van der Waals surface area contributed by atoms with E-state index in [1.54, 1.807) is 0 Å². The summed E-state index contributed by atoms with van der Waals surface area (Å²) in [7, 11) is 0. The lowest BCUT2D eigenvalue weighted by Gasteiger charge is -2.28. The Bertz CT molecular complexity index is 1290. The number of nitrogens with zero attached hydrogens (tertiary/aromatic N) is 5. The molecule has 4 aromatic rings. The second-order valence-electron chi connectivity index (χ2n) is 7.98. The van der Waals surface area contributed by atoms with E-state index in [-0.39, 0.29) is 6.61 Å². The quantitative estimate of drug-likeness (QED) is 0.393. The number of anilines is 1. The number of alkyl halides is 2. The summed E-state index contributed by atoms with van der Waals surface area (Å²) in [6, 6.07) is 9.91. The van der Waals surface area contributed by atoms with Crippen molar-refractivity contribution in [1.29, 1.82) is 0 Å². The second-order valence-corrected chi connectivity index (χ2v) is 9.79. The van der Waals surface area contributed by atoms with Gasteiger partial charge >= 0.3 is 6.61 Å². The Hall–Kier alpha value is -2.66. The van der Waals surface area contributed by atoms with Gasteiger partial charge in [-0.3, -0.25) is 0 Å². The summed E-state index contributed by atoms with van der Waals surface area (Å²) in [6.07, 6.45) is 1.86. The molecule has 1 fully saturated rings. The second kappa shape index (κ2) is 9.91. The Morgan fingerprint density at radius 2 is 1.94 bits per heavy atom. The van der Waals surface area contributed by atoms with Crippen molar-refractivity contribution >= 4 is 39.8 Å². The first-order valence-electron chi connectivity index (χ1n) is 10.9. The van der Waals surface area contributed by atoms with E-state index in [0.717, 1.165) is 53.6 Å². The smallest absolute Gasteiger partial charge is 0.345 e. The molecule has 0 radical (unpaired) electrons. The molecule has 178 valence electrons. The number of halogens is 3. The number of benzene rings is 1. The van der Waals surface area contributed by atoms with Crippen molar-refractivity contribution in [2.45, 2.75) is 26.7 Å². The van der Waals surface area contributed by atoms with Crippen LogP contribution in [-0.2, 0) is 17.9 Å². The summed E-state index contributed by atoms with van der Waals surface area (Å²) in [5.41, 5.74) is 4.06. The Morgan fingerprint density at radius 1 is 1.15 bits per heavy atom. The molecule has 7 nitrogen and oxygen atoms in total. The number of nitrogens with one attached hydrogen (secondary N) is 1. The van der Waals surface area contributed by atoms with Crippen molar-refractivity contribution in [3.63, 3.8) is 0 Å². The first-order chi connectivity index (χ1) is 16.5. The zero-order valence-corrected chi connectivity index (χ0v) is 20.0. The highest BCUT2D eigenvalue weighted by molar-refractivity contribution is 7.15. The molecule has 1 aliphatic rings. The molecule has 0 amide bonds. The van der Waals surface area contributed by atoms with Crippen LogP contribution in [-0.4, -0.2) is 52.3 Å². The van der Waals surface area contributed by atoms with Crippen molar-refractivity contribution in [3.8, 4) is 11.1 Å². The average molecular weight is 505 g/mol. The number of pyridine rings is 1. The van der Waals surface area contributed by atoms with Crippen LogP contribution in [0.5, 0.6) is 0 Å². The molecule has 3 aromatic heterocycles. The zero-order chi connectivity index (χ0) is 23.7. The number of fused-ring (bicyclic) bond motifs is 1. The van der Waals surface area contributed by atoms with E-state index >= 15 is 0 Å². The Balaban J connectivity index is 1.50. The van der Waals surface area contributed by atoms with Crippen LogP contribution in [0.1, 0.15) is 16.5 Å². The summed E-state index contributed by atoms with van der Waals surface area (Å²) >= 11 is 7.74. The van der Waals surface area contributed by atoms with Gasteiger partial charge in [-0.05, 0) is 36.8 Å². The summed E-state index contributed by atoms with van der Waals surface area (Å²) in [4.78, 5) is 16.0. The van der Waals surface area contributed by atoms with E-state index in [2.05, 4.69) is 29.9 Å².